The molecule has 0 spiro atoms. The summed E-state index contributed by atoms with van der Waals surface area (Å²) in [5.74, 6) is 1.11. The fourth-order valence-electron chi connectivity index (χ4n) is 4.21. The van der Waals surface area contributed by atoms with Crippen LogP contribution in [0.25, 0.3) is 0 Å². The van der Waals surface area contributed by atoms with Crippen LogP contribution in [0.4, 0.5) is 0 Å². The molecule has 1 amide bonds. The highest BCUT2D eigenvalue weighted by Gasteiger charge is 2.44. The number of hydrogen-bond donors (Lipinski definition) is 1. The number of aliphatic carboxylic acids is 1. The quantitative estimate of drug-likeness (QED) is 0.848. The summed E-state index contributed by atoms with van der Waals surface area (Å²) in [4.78, 5) is 25.0. The number of carboxylic acids is 1. The van der Waals surface area contributed by atoms with Gasteiger partial charge in [-0.1, -0.05) is 6.42 Å². The van der Waals surface area contributed by atoms with Crippen molar-refractivity contribution in [1.29, 1.82) is 0 Å². The van der Waals surface area contributed by atoms with Gasteiger partial charge in [-0.3, -0.25) is 4.79 Å². The molecule has 2 aliphatic carbocycles. The van der Waals surface area contributed by atoms with E-state index in [1.807, 2.05) is 4.90 Å². The van der Waals surface area contributed by atoms with Gasteiger partial charge in [0.15, 0.2) is 0 Å². The van der Waals surface area contributed by atoms with Gasteiger partial charge in [0, 0.05) is 19.0 Å². The second-order valence-corrected chi connectivity index (χ2v) is 6.51. The minimum atomic E-state index is -0.925. The number of hydrogen-bond acceptors (Lipinski definition) is 3. The van der Waals surface area contributed by atoms with Crippen molar-refractivity contribution in [3.63, 3.8) is 0 Å². The van der Waals surface area contributed by atoms with Crippen molar-refractivity contribution in [2.75, 3.05) is 19.7 Å². The molecule has 3 fully saturated rings. The van der Waals surface area contributed by atoms with Gasteiger partial charge in [0.2, 0.25) is 5.91 Å². The largest absolute Gasteiger partial charge is 0.480 e. The van der Waals surface area contributed by atoms with E-state index < -0.39 is 5.97 Å². The summed E-state index contributed by atoms with van der Waals surface area (Å²) in [6.07, 6.45) is 6.43. The third-order valence-corrected chi connectivity index (χ3v) is 5.25. The molecular formula is C15H23NO4. The lowest BCUT2D eigenvalue weighted by atomic mass is 9.87. The van der Waals surface area contributed by atoms with E-state index >= 15 is 0 Å². The fourth-order valence-corrected chi connectivity index (χ4v) is 4.21. The lowest BCUT2D eigenvalue weighted by Crippen LogP contribution is -2.44. The van der Waals surface area contributed by atoms with E-state index in [1.165, 1.54) is 19.3 Å². The number of rotatable bonds is 4. The van der Waals surface area contributed by atoms with Crippen LogP contribution in [0.3, 0.4) is 0 Å². The molecule has 0 radical (unpaired) electrons. The molecule has 2 saturated carbocycles. The highest BCUT2D eigenvalue weighted by atomic mass is 16.5. The van der Waals surface area contributed by atoms with Crippen molar-refractivity contribution >= 4 is 11.9 Å². The molecular weight excluding hydrogens is 258 g/mol. The highest BCUT2D eigenvalue weighted by molar-refractivity contribution is 5.79. The fraction of sp³-hybridized carbons (Fsp3) is 0.867. The molecule has 5 heteroatoms. The highest BCUT2D eigenvalue weighted by Crippen LogP contribution is 2.49. The van der Waals surface area contributed by atoms with E-state index in [0.717, 1.165) is 38.3 Å². The number of fused-ring (bicyclic) bond motifs is 2. The van der Waals surface area contributed by atoms with Gasteiger partial charge in [0.1, 0.15) is 6.61 Å². The molecule has 1 N–H and O–H groups in total. The summed E-state index contributed by atoms with van der Waals surface area (Å²) < 4.78 is 5.31. The predicted octanol–water partition coefficient (Wildman–Crippen LogP) is 1.51. The second kappa shape index (κ2) is 5.72. The van der Waals surface area contributed by atoms with E-state index in [-0.39, 0.29) is 18.6 Å². The summed E-state index contributed by atoms with van der Waals surface area (Å²) in [6, 6.07) is 0. The Hall–Kier alpha value is -1.10. The van der Waals surface area contributed by atoms with Crippen LogP contribution < -0.4 is 0 Å². The molecule has 0 aromatic rings. The average molecular weight is 281 g/mol. The smallest absolute Gasteiger partial charge is 0.329 e. The van der Waals surface area contributed by atoms with Gasteiger partial charge < -0.3 is 14.7 Å². The zero-order valence-corrected chi connectivity index (χ0v) is 11.8. The molecule has 3 unspecified atom stereocenters. The van der Waals surface area contributed by atoms with Gasteiger partial charge in [-0.15, -0.1) is 0 Å². The second-order valence-electron chi connectivity index (χ2n) is 6.51. The predicted molar refractivity (Wildman–Crippen MR) is 72.1 cm³/mol. The average Bonchev–Trinajstić information content (AvgIpc) is 3.07. The standard InChI is InChI=1S/C15H23NO4/c17-14(18)9-20-12-3-5-16(6-4-12)15(19)13-8-10-1-2-11(13)7-10/h10-13H,1-9H2,(H,17,18). The number of amides is 1. The number of carboxylic acid groups (broad SMARTS) is 1. The first-order valence-corrected chi connectivity index (χ1v) is 7.75. The van der Waals surface area contributed by atoms with Gasteiger partial charge in [-0.2, -0.15) is 0 Å². The molecule has 3 rings (SSSR count). The maximum absolute atomic E-state index is 12.6. The van der Waals surface area contributed by atoms with Crippen LogP contribution >= 0.6 is 0 Å². The molecule has 1 saturated heterocycles. The molecule has 2 bridgehead atoms. The van der Waals surface area contributed by atoms with Crippen molar-refractivity contribution in [3.05, 3.63) is 0 Å². The first-order chi connectivity index (χ1) is 9.63. The van der Waals surface area contributed by atoms with Crippen LogP contribution in [0.1, 0.15) is 38.5 Å². The Bertz CT molecular complexity index is 389. The summed E-state index contributed by atoms with van der Waals surface area (Å²) in [7, 11) is 0. The minimum Gasteiger partial charge on any atom is -0.480 e. The van der Waals surface area contributed by atoms with E-state index in [9.17, 15) is 9.59 Å². The number of ether oxygens (including phenoxy) is 1. The molecule has 20 heavy (non-hydrogen) atoms. The van der Waals surface area contributed by atoms with Crippen LogP contribution in [0.5, 0.6) is 0 Å². The molecule has 3 atom stereocenters. The summed E-state index contributed by atoms with van der Waals surface area (Å²) in [6.45, 7) is 1.21. The molecule has 0 aromatic carbocycles. The van der Waals surface area contributed by atoms with Gasteiger partial charge in [-0.25, -0.2) is 4.79 Å². The zero-order chi connectivity index (χ0) is 14.1. The first-order valence-electron chi connectivity index (χ1n) is 7.75. The lowest BCUT2D eigenvalue weighted by molar-refractivity contribution is -0.148. The Kier molecular flexibility index (Phi) is 3.96. The Morgan fingerprint density at radius 2 is 1.85 bits per heavy atom. The normalized spacial score (nSPS) is 33.6. The van der Waals surface area contributed by atoms with Gasteiger partial charge >= 0.3 is 5.97 Å². The third kappa shape index (κ3) is 2.82. The van der Waals surface area contributed by atoms with Crippen molar-refractivity contribution in [3.8, 4) is 0 Å². The molecule has 0 aromatic heterocycles. The topological polar surface area (TPSA) is 66.8 Å². The molecule has 3 aliphatic rings. The van der Waals surface area contributed by atoms with Crippen molar-refractivity contribution in [1.82, 2.24) is 4.90 Å². The number of likely N-dealkylation sites (tertiary alicyclic amines) is 1. The Labute approximate surface area is 119 Å². The first kappa shape index (κ1) is 13.9. The van der Waals surface area contributed by atoms with Crippen molar-refractivity contribution < 1.29 is 19.4 Å². The third-order valence-electron chi connectivity index (χ3n) is 5.25. The van der Waals surface area contributed by atoms with Gasteiger partial charge in [-0.05, 0) is 43.9 Å². The van der Waals surface area contributed by atoms with Crippen molar-refractivity contribution in [2.45, 2.75) is 44.6 Å². The number of piperidine rings is 1. The van der Waals surface area contributed by atoms with Crippen LogP contribution in [0.15, 0.2) is 0 Å². The Morgan fingerprint density at radius 1 is 1.10 bits per heavy atom. The Morgan fingerprint density at radius 3 is 2.40 bits per heavy atom. The molecule has 1 heterocycles. The van der Waals surface area contributed by atoms with Crippen LogP contribution in [-0.2, 0) is 14.3 Å². The summed E-state index contributed by atoms with van der Waals surface area (Å²) in [5, 5.41) is 8.60. The van der Waals surface area contributed by atoms with E-state index in [4.69, 9.17) is 9.84 Å². The summed E-state index contributed by atoms with van der Waals surface area (Å²) >= 11 is 0. The molecule has 112 valence electrons. The molecule has 1 aliphatic heterocycles. The van der Waals surface area contributed by atoms with Gasteiger partial charge in [0.25, 0.3) is 0 Å². The monoisotopic (exact) mass is 281 g/mol. The Balaban J connectivity index is 1.46. The van der Waals surface area contributed by atoms with Crippen LogP contribution in [-0.4, -0.2) is 47.7 Å². The maximum atomic E-state index is 12.6. The number of carbonyl (C=O) groups is 2. The zero-order valence-electron chi connectivity index (χ0n) is 11.8. The van der Waals surface area contributed by atoms with E-state index in [1.54, 1.807) is 0 Å². The van der Waals surface area contributed by atoms with Gasteiger partial charge in [0.05, 0.1) is 6.10 Å². The minimum absolute atomic E-state index is 0.00446. The van der Waals surface area contributed by atoms with E-state index in [2.05, 4.69) is 0 Å². The number of nitrogens with zero attached hydrogens (tertiary/aromatic N) is 1. The number of carbonyl (C=O) groups excluding carboxylic acids is 1. The maximum Gasteiger partial charge on any atom is 0.329 e. The lowest BCUT2D eigenvalue weighted by Gasteiger charge is -2.35. The van der Waals surface area contributed by atoms with Crippen molar-refractivity contribution in [2.24, 2.45) is 17.8 Å². The van der Waals surface area contributed by atoms with E-state index in [0.29, 0.717) is 11.8 Å². The SMILES string of the molecule is O=C(O)COC1CCN(C(=O)C2CC3CCC2C3)CC1. The molecule has 5 nitrogen and oxygen atoms in total. The summed E-state index contributed by atoms with van der Waals surface area (Å²) in [5.41, 5.74) is 0. The van der Waals surface area contributed by atoms with Crippen LogP contribution in [0.2, 0.25) is 0 Å². The van der Waals surface area contributed by atoms with Crippen LogP contribution in [0, 0.1) is 17.8 Å².